The van der Waals surface area contributed by atoms with Gasteiger partial charge in [0, 0.05) is 6.42 Å². The number of rotatable bonds is 18. The highest BCUT2D eigenvalue weighted by atomic mass is 32.2. The molecule has 4 nitrogen and oxygen atoms in total. The molecule has 0 aliphatic rings. The van der Waals surface area contributed by atoms with E-state index in [1.54, 1.807) is 11.8 Å². The minimum Gasteiger partial charge on any atom is -0.480 e. The van der Waals surface area contributed by atoms with E-state index in [1.807, 2.05) is 6.26 Å². The maximum absolute atomic E-state index is 11.8. The number of amides is 1. The van der Waals surface area contributed by atoms with Crippen LogP contribution in [-0.2, 0) is 9.59 Å². The van der Waals surface area contributed by atoms with Crippen LogP contribution in [0.3, 0.4) is 0 Å². The Bertz CT molecular complexity index is 486. The molecule has 160 valence electrons. The highest BCUT2D eigenvalue weighted by molar-refractivity contribution is 7.98. The summed E-state index contributed by atoms with van der Waals surface area (Å²) in [5.74, 6) is -0.389. The Balaban J connectivity index is 3.66. The first-order valence-corrected chi connectivity index (χ1v) is 12.0. The van der Waals surface area contributed by atoms with Gasteiger partial charge >= 0.3 is 5.97 Å². The molecule has 0 aromatic rings. The van der Waals surface area contributed by atoms with Crippen molar-refractivity contribution in [2.75, 3.05) is 12.0 Å². The number of hydrogen-bond donors (Lipinski definition) is 2. The van der Waals surface area contributed by atoms with Gasteiger partial charge in [0.1, 0.15) is 6.04 Å². The number of carboxylic acids is 1. The second kappa shape index (κ2) is 20.2. The van der Waals surface area contributed by atoms with Gasteiger partial charge in [-0.1, -0.05) is 56.2 Å². The quantitative estimate of drug-likeness (QED) is 0.218. The van der Waals surface area contributed by atoms with Crippen molar-refractivity contribution in [2.24, 2.45) is 0 Å². The zero-order valence-electron chi connectivity index (χ0n) is 17.7. The van der Waals surface area contributed by atoms with Crippen LogP contribution >= 0.6 is 11.8 Å². The third-order valence-corrected chi connectivity index (χ3v) is 4.93. The standard InChI is InChI=1S/C23H39NO3S/c1-3-4-5-6-7-8-9-10-11-12-13-14-15-16-17-18-22(25)24-21(23(26)27)19-20-28-2/h7-8,10-11,13-14,21H,3-6,9,12,15-20H2,1-2H3,(H,24,25)(H,26,27)/b8-7-,11-10-,14-13-/t21-/m0/s1. The van der Waals surface area contributed by atoms with E-state index >= 15 is 0 Å². The minimum atomic E-state index is -0.953. The van der Waals surface area contributed by atoms with Gasteiger partial charge in [-0.15, -0.1) is 0 Å². The largest absolute Gasteiger partial charge is 0.480 e. The predicted molar refractivity (Wildman–Crippen MR) is 122 cm³/mol. The number of nitrogens with one attached hydrogen (secondary N) is 1. The second-order valence-electron chi connectivity index (χ2n) is 6.87. The Labute approximate surface area is 175 Å². The van der Waals surface area contributed by atoms with Gasteiger partial charge in [-0.2, -0.15) is 11.8 Å². The van der Waals surface area contributed by atoms with Crippen LogP contribution in [0, 0.1) is 0 Å². The fourth-order valence-corrected chi connectivity index (χ4v) is 3.07. The number of unbranched alkanes of at least 4 members (excludes halogenated alkanes) is 5. The van der Waals surface area contributed by atoms with E-state index in [0.29, 0.717) is 12.8 Å². The second-order valence-corrected chi connectivity index (χ2v) is 7.85. The summed E-state index contributed by atoms with van der Waals surface area (Å²) in [4.78, 5) is 23.0. The van der Waals surface area contributed by atoms with Crippen molar-refractivity contribution in [1.82, 2.24) is 5.32 Å². The molecular weight excluding hydrogens is 370 g/mol. The molecular formula is C23H39NO3S. The van der Waals surface area contributed by atoms with Crippen molar-refractivity contribution < 1.29 is 14.7 Å². The van der Waals surface area contributed by atoms with Gasteiger partial charge in [-0.3, -0.25) is 4.79 Å². The smallest absolute Gasteiger partial charge is 0.326 e. The summed E-state index contributed by atoms with van der Waals surface area (Å²) < 4.78 is 0. The lowest BCUT2D eigenvalue weighted by molar-refractivity contribution is -0.141. The topological polar surface area (TPSA) is 66.4 Å². The van der Waals surface area contributed by atoms with Gasteiger partial charge in [0.05, 0.1) is 0 Å². The highest BCUT2D eigenvalue weighted by Gasteiger charge is 2.18. The van der Waals surface area contributed by atoms with Crippen LogP contribution in [0.15, 0.2) is 36.5 Å². The first-order valence-electron chi connectivity index (χ1n) is 10.6. The fraction of sp³-hybridized carbons (Fsp3) is 0.652. The zero-order chi connectivity index (χ0) is 20.9. The summed E-state index contributed by atoms with van der Waals surface area (Å²) in [7, 11) is 0. The van der Waals surface area contributed by atoms with Crippen molar-refractivity contribution in [3.63, 3.8) is 0 Å². The van der Waals surface area contributed by atoms with Crippen molar-refractivity contribution in [3.05, 3.63) is 36.5 Å². The van der Waals surface area contributed by atoms with Crippen LogP contribution in [0.25, 0.3) is 0 Å². The number of allylic oxidation sites excluding steroid dienone is 6. The van der Waals surface area contributed by atoms with Gasteiger partial charge in [-0.25, -0.2) is 4.79 Å². The normalized spacial score (nSPS) is 12.9. The van der Waals surface area contributed by atoms with Crippen molar-refractivity contribution in [2.45, 2.75) is 83.6 Å². The number of carbonyl (C=O) groups is 2. The van der Waals surface area contributed by atoms with E-state index in [-0.39, 0.29) is 5.91 Å². The van der Waals surface area contributed by atoms with E-state index in [2.05, 4.69) is 48.7 Å². The van der Waals surface area contributed by atoms with Crippen LogP contribution in [0.5, 0.6) is 0 Å². The van der Waals surface area contributed by atoms with Gasteiger partial charge < -0.3 is 10.4 Å². The highest BCUT2D eigenvalue weighted by Crippen LogP contribution is 2.05. The lowest BCUT2D eigenvalue weighted by atomic mass is 10.1. The molecule has 0 aromatic carbocycles. The maximum atomic E-state index is 11.8. The minimum absolute atomic E-state index is 0.164. The molecule has 0 unspecified atom stereocenters. The number of hydrogen-bond acceptors (Lipinski definition) is 3. The number of carboxylic acid groups (broad SMARTS) is 1. The van der Waals surface area contributed by atoms with Gasteiger partial charge in [-0.05, 0) is 63.4 Å². The molecule has 0 fully saturated rings. The molecule has 1 atom stereocenters. The van der Waals surface area contributed by atoms with E-state index in [0.717, 1.165) is 37.9 Å². The molecule has 28 heavy (non-hydrogen) atoms. The van der Waals surface area contributed by atoms with Crippen LogP contribution in [-0.4, -0.2) is 35.0 Å². The molecule has 0 radical (unpaired) electrons. The van der Waals surface area contributed by atoms with Crippen LogP contribution in [0.2, 0.25) is 0 Å². The van der Waals surface area contributed by atoms with E-state index < -0.39 is 12.0 Å². The van der Waals surface area contributed by atoms with Gasteiger partial charge in [0.15, 0.2) is 0 Å². The fourth-order valence-electron chi connectivity index (χ4n) is 2.60. The molecule has 0 rings (SSSR count). The molecule has 0 saturated heterocycles. The SMILES string of the molecule is CCCCC/C=C\C/C=C\C/C=C\CCCCC(=O)N[C@@H](CCSC)C(=O)O. The summed E-state index contributed by atoms with van der Waals surface area (Å²) in [6, 6.07) is -0.766. The lowest BCUT2D eigenvalue weighted by Crippen LogP contribution is -2.41. The summed E-state index contributed by atoms with van der Waals surface area (Å²) in [6.07, 6.45) is 25.7. The molecule has 2 N–H and O–H groups in total. The van der Waals surface area contributed by atoms with Gasteiger partial charge in [0.25, 0.3) is 0 Å². The Morgan fingerprint density at radius 1 is 0.929 bits per heavy atom. The lowest BCUT2D eigenvalue weighted by Gasteiger charge is -2.13. The number of thioether (sulfide) groups is 1. The van der Waals surface area contributed by atoms with Crippen LogP contribution in [0.1, 0.15) is 77.6 Å². The van der Waals surface area contributed by atoms with E-state index in [9.17, 15) is 9.59 Å². The third kappa shape index (κ3) is 17.9. The first kappa shape index (κ1) is 26.5. The zero-order valence-corrected chi connectivity index (χ0v) is 18.5. The monoisotopic (exact) mass is 409 g/mol. The first-order chi connectivity index (χ1) is 13.6. The number of aliphatic carboxylic acids is 1. The van der Waals surface area contributed by atoms with Crippen molar-refractivity contribution >= 4 is 23.6 Å². The molecule has 5 heteroatoms. The molecule has 0 heterocycles. The average molecular weight is 410 g/mol. The van der Waals surface area contributed by atoms with E-state index in [4.69, 9.17) is 5.11 Å². The Morgan fingerprint density at radius 2 is 1.50 bits per heavy atom. The molecule has 0 saturated carbocycles. The maximum Gasteiger partial charge on any atom is 0.326 e. The molecule has 0 aromatic heterocycles. The molecule has 0 bridgehead atoms. The van der Waals surface area contributed by atoms with Crippen molar-refractivity contribution in [1.29, 1.82) is 0 Å². The predicted octanol–water partition coefficient (Wildman–Crippen LogP) is 5.90. The molecule has 0 aliphatic heterocycles. The van der Waals surface area contributed by atoms with Crippen LogP contribution in [0.4, 0.5) is 0 Å². The summed E-state index contributed by atoms with van der Waals surface area (Å²) >= 11 is 1.58. The van der Waals surface area contributed by atoms with E-state index in [1.165, 1.54) is 25.7 Å². The molecule has 0 spiro atoms. The molecule has 1 amide bonds. The Kier molecular flexibility index (Phi) is 19.2. The third-order valence-electron chi connectivity index (χ3n) is 4.29. The summed E-state index contributed by atoms with van der Waals surface area (Å²) in [5.41, 5.74) is 0. The van der Waals surface area contributed by atoms with Crippen molar-refractivity contribution in [3.8, 4) is 0 Å². The summed E-state index contributed by atoms with van der Waals surface area (Å²) in [5, 5.41) is 11.7. The van der Waals surface area contributed by atoms with Crippen LogP contribution < -0.4 is 5.32 Å². The molecule has 0 aliphatic carbocycles. The van der Waals surface area contributed by atoms with Gasteiger partial charge in [0.2, 0.25) is 5.91 Å². The number of carbonyl (C=O) groups excluding carboxylic acids is 1. The average Bonchev–Trinajstić information content (AvgIpc) is 2.67. The Hall–Kier alpha value is -1.49. The Morgan fingerprint density at radius 3 is 2.04 bits per heavy atom. The summed E-state index contributed by atoms with van der Waals surface area (Å²) in [6.45, 7) is 2.22.